The fraction of sp³-hybridized carbons (Fsp3) is 0.286. The quantitative estimate of drug-likeness (QED) is 0.762. The van der Waals surface area contributed by atoms with Crippen molar-refractivity contribution in [1.29, 1.82) is 5.26 Å². The number of nitriles is 1. The molecule has 2 aliphatic rings. The molecule has 0 saturated heterocycles. The lowest BCUT2D eigenvalue weighted by Gasteiger charge is -2.36. The maximum Gasteiger partial charge on any atom is 0.148 e. The van der Waals surface area contributed by atoms with Gasteiger partial charge in [-0.05, 0) is 62.1 Å². The first kappa shape index (κ1) is 16.5. The van der Waals surface area contributed by atoms with E-state index in [1.807, 2.05) is 31.7 Å². The van der Waals surface area contributed by atoms with Gasteiger partial charge in [-0.3, -0.25) is 14.9 Å². The van der Waals surface area contributed by atoms with Crippen LogP contribution in [0.2, 0.25) is 0 Å². The Morgan fingerprint density at radius 2 is 2.04 bits per heavy atom. The van der Waals surface area contributed by atoms with Gasteiger partial charge in [-0.1, -0.05) is 0 Å². The second kappa shape index (κ2) is 6.06. The molecule has 4 rings (SSSR count). The molecule has 0 saturated carbocycles. The molecule has 0 amide bonds. The smallest absolute Gasteiger partial charge is 0.148 e. The summed E-state index contributed by atoms with van der Waals surface area (Å²) in [4.78, 5) is 10.7. The number of anilines is 1. The summed E-state index contributed by atoms with van der Waals surface area (Å²) in [6, 6.07) is 5.83. The highest BCUT2D eigenvalue weighted by Crippen LogP contribution is 2.39. The van der Waals surface area contributed by atoms with E-state index >= 15 is 4.39 Å². The van der Waals surface area contributed by atoms with Crippen molar-refractivity contribution in [3.63, 3.8) is 0 Å². The number of aliphatic imine (C=N–C) groups is 1. The van der Waals surface area contributed by atoms with E-state index in [4.69, 9.17) is 0 Å². The number of rotatable bonds is 1. The molecule has 1 atom stereocenters. The van der Waals surface area contributed by atoms with Crippen LogP contribution in [-0.4, -0.2) is 16.9 Å². The highest BCUT2D eigenvalue weighted by Gasteiger charge is 2.30. The lowest BCUT2D eigenvalue weighted by molar-refractivity contribution is 0.623. The Kier molecular flexibility index (Phi) is 3.84. The molecule has 0 fully saturated rings. The summed E-state index contributed by atoms with van der Waals surface area (Å²) < 4.78 is 15.2. The number of benzene rings is 1. The Balaban J connectivity index is 1.86. The standard InChI is InChI=1S/C21H19FN4/c1-12-6-13(2)26-20(25-12)5-4-15-7-16(8-19(22)21(15)26)18-11-24-10-17(9-23)14(18)3/h6-8,10-12H,4-5H2,1-3H3. The number of aromatic nitrogens is 1. The SMILES string of the molecule is CC1=CC(C)N=C2CCc3cc(-c4cncc(C#N)c4C)cc(F)c3N12. The van der Waals surface area contributed by atoms with Gasteiger partial charge in [-0.15, -0.1) is 0 Å². The highest BCUT2D eigenvalue weighted by atomic mass is 19.1. The molecule has 2 aliphatic heterocycles. The number of fused-ring (bicyclic) bond motifs is 3. The van der Waals surface area contributed by atoms with E-state index in [9.17, 15) is 5.26 Å². The van der Waals surface area contributed by atoms with E-state index in [-0.39, 0.29) is 11.9 Å². The first-order valence-corrected chi connectivity index (χ1v) is 8.72. The fourth-order valence-electron chi connectivity index (χ4n) is 3.87. The van der Waals surface area contributed by atoms with Crippen LogP contribution in [0.4, 0.5) is 10.1 Å². The maximum atomic E-state index is 15.2. The van der Waals surface area contributed by atoms with Crippen molar-refractivity contribution in [2.45, 2.75) is 39.7 Å². The number of halogens is 1. The summed E-state index contributed by atoms with van der Waals surface area (Å²) in [7, 11) is 0. The van der Waals surface area contributed by atoms with Gasteiger partial charge in [0.25, 0.3) is 0 Å². The molecule has 130 valence electrons. The summed E-state index contributed by atoms with van der Waals surface area (Å²) in [5, 5.41) is 9.23. The zero-order chi connectivity index (χ0) is 18.4. The van der Waals surface area contributed by atoms with Crippen molar-refractivity contribution in [2.75, 3.05) is 4.90 Å². The van der Waals surface area contributed by atoms with Crippen molar-refractivity contribution in [3.05, 3.63) is 58.8 Å². The zero-order valence-corrected chi connectivity index (χ0v) is 15.0. The number of hydrogen-bond acceptors (Lipinski definition) is 4. The molecular formula is C21H19FN4. The predicted octanol–water partition coefficient (Wildman–Crippen LogP) is 4.52. The van der Waals surface area contributed by atoms with E-state index < -0.39 is 0 Å². The van der Waals surface area contributed by atoms with Crippen molar-refractivity contribution in [1.82, 2.24) is 4.98 Å². The van der Waals surface area contributed by atoms with Crippen LogP contribution in [0.15, 0.2) is 41.3 Å². The second-order valence-electron chi connectivity index (χ2n) is 6.87. The van der Waals surface area contributed by atoms with Crippen LogP contribution in [0.25, 0.3) is 11.1 Å². The van der Waals surface area contributed by atoms with Crippen LogP contribution in [0, 0.1) is 24.1 Å². The summed E-state index contributed by atoms with van der Waals surface area (Å²) in [5.74, 6) is 0.662. The minimum Gasteiger partial charge on any atom is -0.300 e. The molecular weight excluding hydrogens is 327 g/mol. The van der Waals surface area contributed by atoms with Gasteiger partial charge >= 0.3 is 0 Å². The number of amidine groups is 1. The second-order valence-corrected chi connectivity index (χ2v) is 6.87. The van der Waals surface area contributed by atoms with Gasteiger partial charge in [-0.25, -0.2) is 4.39 Å². The molecule has 1 aromatic heterocycles. The van der Waals surface area contributed by atoms with E-state index in [1.54, 1.807) is 12.4 Å². The molecule has 1 unspecified atom stereocenters. The summed E-state index contributed by atoms with van der Waals surface area (Å²) >= 11 is 0. The Labute approximate surface area is 152 Å². The normalized spacial score (nSPS) is 18.4. The molecule has 4 nitrogen and oxygen atoms in total. The number of allylic oxidation sites excluding steroid dienone is 1. The molecule has 0 spiro atoms. The van der Waals surface area contributed by atoms with Crippen molar-refractivity contribution < 1.29 is 4.39 Å². The van der Waals surface area contributed by atoms with Crippen LogP contribution in [0.5, 0.6) is 0 Å². The van der Waals surface area contributed by atoms with E-state index in [0.717, 1.165) is 46.6 Å². The summed E-state index contributed by atoms with van der Waals surface area (Å²) in [5.41, 5.74) is 5.46. The first-order valence-electron chi connectivity index (χ1n) is 8.72. The number of nitrogens with zero attached hydrogens (tertiary/aromatic N) is 4. The predicted molar refractivity (Wildman–Crippen MR) is 101 cm³/mol. The Hall–Kier alpha value is -3.00. The first-order chi connectivity index (χ1) is 12.5. The van der Waals surface area contributed by atoms with Crippen molar-refractivity contribution in [3.8, 4) is 17.2 Å². The Morgan fingerprint density at radius 1 is 1.23 bits per heavy atom. The monoisotopic (exact) mass is 346 g/mol. The number of hydrogen-bond donors (Lipinski definition) is 0. The van der Waals surface area contributed by atoms with Crippen LogP contribution in [-0.2, 0) is 6.42 Å². The minimum absolute atomic E-state index is 0.132. The van der Waals surface area contributed by atoms with Gasteiger partial charge in [0.2, 0.25) is 0 Å². The van der Waals surface area contributed by atoms with Gasteiger partial charge in [0.15, 0.2) is 0 Å². The van der Waals surface area contributed by atoms with E-state index in [0.29, 0.717) is 11.3 Å². The average molecular weight is 346 g/mol. The molecule has 5 heteroatoms. The van der Waals surface area contributed by atoms with Gasteiger partial charge in [-0.2, -0.15) is 5.26 Å². The summed E-state index contributed by atoms with van der Waals surface area (Å²) in [6.07, 6.45) is 6.83. The topological polar surface area (TPSA) is 52.3 Å². The number of aryl methyl sites for hydroxylation is 1. The lowest BCUT2D eigenvalue weighted by atomic mass is 9.92. The van der Waals surface area contributed by atoms with Gasteiger partial charge < -0.3 is 0 Å². The van der Waals surface area contributed by atoms with Crippen molar-refractivity contribution >= 4 is 11.5 Å². The molecule has 0 aliphatic carbocycles. The molecule has 0 N–H and O–H groups in total. The van der Waals surface area contributed by atoms with Gasteiger partial charge in [0, 0.05) is 30.1 Å². The van der Waals surface area contributed by atoms with Crippen LogP contribution in [0.1, 0.15) is 37.0 Å². The lowest BCUT2D eigenvalue weighted by Crippen LogP contribution is -2.38. The maximum absolute atomic E-state index is 15.2. The largest absolute Gasteiger partial charge is 0.300 e. The van der Waals surface area contributed by atoms with Crippen LogP contribution < -0.4 is 4.90 Å². The van der Waals surface area contributed by atoms with E-state index in [1.165, 1.54) is 6.07 Å². The third kappa shape index (κ3) is 2.50. The average Bonchev–Trinajstić information content (AvgIpc) is 2.61. The molecule has 3 heterocycles. The molecule has 1 aromatic carbocycles. The third-order valence-corrected chi connectivity index (χ3v) is 5.08. The van der Waals surface area contributed by atoms with Crippen molar-refractivity contribution in [2.24, 2.45) is 4.99 Å². The zero-order valence-electron chi connectivity index (χ0n) is 15.0. The minimum atomic E-state index is -0.269. The molecule has 2 aromatic rings. The Morgan fingerprint density at radius 3 is 2.81 bits per heavy atom. The third-order valence-electron chi connectivity index (χ3n) is 5.08. The number of pyridine rings is 1. The molecule has 0 bridgehead atoms. The van der Waals surface area contributed by atoms with E-state index in [2.05, 4.69) is 22.1 Å². The van der Waals surface area contributed by atoms with Gasteiger partial charge in [0.05, 0.1) is 17.3 Å². The molecule has 26 heavy (non-hydrogen) atoms. The summed E-state index contributed by atoms with van der Waals surface area (Å²) in [6.45, 7) is 5.91. The van der Waals surface area contributed by atoms with Crippen LogP contribution in [0.3, 0.4) is 0 Å². The van der Waals surface area contributed by atoms with Gasteiger partial charge in [0.1, 0.15) is 17.7 Å². The Bertz CT molecular complexity index is 1010. The molecule has 0 radical (unpaired) electrons. The fourth-order valence-corrected chi connectivity index (χ4v) is 3.87. The highest BCUT2D eigenvalue weighted by molar-refractivity contribution is 6.04. The van der Waals surface area contributed by atoms with Crippen LogP contribution >= 0.6 is 0 Å².